The van der Waals surface area contributed by atoms with Crippen molar-refractivity contribution >= 4 is 11.8 Å². The smallest absolute Gasteiger partial charge is 0.271 e. The highest BCUT2D eigenvalue weighted by molar-refractivity contribution is 6.01. The quantitative estimate of drug-likeness (QED) is 0.459. The molecule has 5 rings (SSSR count). The molecule has 2 amide bonds. The Labute approximate surface area is 214 Å². The molecule has 1 fully saturated rings. The van der Waals surface area contributed by atoms with Crippen molar-refractivity contribution < 1.29 is 9.59 Å². The molecule has 0 spiro atoms. The van der Waals surface area contributed by atoms with Crippen molar-refractivity contribution in [3.8, 4) is 11.3 Å². The Morgan fingerprint density at radius 1 is 0.861 bits per heavy atom. The molecule has 2 aliphatic rings. The minimum Gasteiger partial charge on any atom is -0.351 e. The molecule has 1 saturated carbocycles. The van der Waals surface area contributed by atoms with Gasteiger partial charge in [0.2, 0.25) is 5.91 Å². The molecule has 36 heavy (non-hydrogen) atoms. The Bertz CT molecular complexity index is 1200. The first kappa shape index (κ1) is 24.4. The highest BCUT2D eigenvalue weighted by atomic mass is 16.2. The lowest BCUT2D eigenvalue weighted by Gasteiger charge is -2.48. The van der Waals surface area contributed by atoms with Crippen molar-refractivity contribution in [3.63, 3.8) is 0 Å². The zero-order valence-electron chi connectivity index (χ0n) is 21.5. The van der Waals surface area contributed by atoms with Crippen LogP contribution in [0.5, 0.6) is 0 Å². The van der Waals surface area contributed by atoms with Crippen molar-refractivity contribution in [2.45, 2.75) is 83.0 Å². The number of benzene rings is 2. The van der Waals surface area contributed by atoms with Crippen LogP contribution in [-0.4, -0.2) is 32.9 Å². The van der Waals surface area contributed by atoms with E-state index in [0.717, 1.165) is 42.5 Å². The van der Waals surface area contributed by atoms with E-state index in [9.17, 15) is 9.59 Å². The summed E-state index contributed by atoms with van der Waals surface area (Å²) in [6.07, 6.45) is 8.05. The van der Waals surface area contributed by atoms with Gasteiger partial charge in [-0.05, 0) is 49.9 Å². The molecule has 5 nitrogen and oxygen atoms in total. The van der Waals surface area contributed by atoms with Gasteiger partial charge in [0.25, 0.3) is 5.91 Å². The maximum Gasteiger partial charge on any atom is 0.271 e. The number of hydrogen-bond acceptors (Lipinski definition) is 2. The fourth-order valence-corrected chi connectivity index (χ4v) is 6.02. The molecule has 1 aromatic heterocycles. The van der Waals surface area contributed by atoms with Crippen LogP contribution in [-0.2, 0) is 11.3 Å². The SMILES string of the molecule is C[C@H](c1ccccc1)N1C(=O)c2ccc(-c3ccccc3)n2C[C@]1(C)C(=O)NC1CCCCCCC1. The molecule has 2 aromatic carbocycles. The Morgan fingerprint density at radius 2 is 1.44 bits per heavy atom. The Kier molecular flexibility index (Phi) is 6.99. The van der Waals surface area contributed by atoms with E-state index >= 15 is 0 Å². The van der Waals surface area contributed by atoms with Gasteiger partial charge in [0, 0.05) is 11.7 Å². The molecule has 5 heteroatoms. The fourth-order valence-electron chi connectivity index (χ4n) is 6.02. The summed E-state index contributed by atoms with van der Waals surface area (Å²) in [7, 11) is 0. The maximum atomic E-state index is 14.1. The van der Waals surface area contributed by atoms with Crippen molar-refractivity contribution in [1.29, 1.82) is 0 Å². The van der Waals surface area contributed by atoms with E-state index in [1.807, 2.05) is 84.0 Å². The first-order valence-electron chi connectivity index (χ1n) is 13.4. The van der Waals surface area contributed by atoms with Gasteiger partial charge in [-0.3, -0.25) is 9.59 Å². The predicted octanol–water partition coefficient (Wildman–Crippen LogP) is 6.36. The zero-order chi connectivity index (χ0) is 25.1. The van der Waals surface area contributed by atoms with Crippen LogP contribution >= 0.6 is 0 Å². The normalized spacial score (nSPS) is 21.8. The summed E-state index contributed by atoms with van der Waals surface area (Å²) in [5, 5.41) is 3.39. The van der Waals surface area contributed by atoms with Gasteiger partial charge in [0.15, 0.2) is 0 Å². The number of carbonyl (C=O) groups excluding carboxylic acids is 2. The van der Waals surface area contributed by atoms with Gasteiger partial charge < -0.3 is 14.8 Å². The number of amides is 2. The number of rotatable bonds is 5. The standard InChI is InChI=1S/C31H37N3O2/c1-23(24-14-8-6-9-15-24)34-29(35)28-21-20-27(25-16-10-7-11-17-25)33(28)22-31(34,2)30(36)32-26-18-12-4-3-5-13-19-26/h6-11,14-17,20-21,23,26H,3-5,12-13,18-19,22H2,1-2H3,(H,32,36)/t23-,31-/m1/s1. The number of nitrogens with zero attached hydrogens (tertiary/aromatic N) is 2. The van der Waals surface area contributed by atoms with Crippen LogP contribution in [0.1, 0.15) is 80.9 Å². The highest BCUT2D eigenvalue weighted by Crippen LogP contribution is 2.38. The molecular formula is C31H37N3O2. The van der Waals surface area contributed by atoms with Crippen molar-refractivity contribution in [2.24, 2.45) is 0 Å². The molecule has 2 heterocycles. The van der Waals surface area contributed by atoms with Gasteiger partial charge in [0.05, 0.1) is 12.6 Å². The summed E-state index contributed by atoms with van der Waals surface area (Å²) < 4.78 is 2.05. The van der Waals surface area contributed by atoms with Crippen LogP contribution < -0.4 is 5.32 Å². The van der Waals surface area contributed by atoms with E-state index in [4.69, 9.17) is 0 Å². The minimum absolute atomic E-state index is 0.0532. The Hall–Kier alpha value is -3.34. The summed E-state index contributed by atoms with van der Waals surface area (Å²) in [6, 6.07) is 24.0. The number of carbonyl (C=O) groups is 2. The van der Waals surface area contributed by atoms with E-state index in [0.29, 0.717) is 12.2 Å². The van der Waals surface area contributed by atoms with Crippen LogP contribution in [0, 0.1) is 0 Å². The maximum absolute atomic E-state index is 14.1. The second-order valence-corrected chi connectivity index (χ2v) is 10.6. The second kappa shape index (κ2) is 10.3. The lowest BCUT2D eigenvalue weighted by atomic mass is 9.89. The number of aromatic nitrogens is 1. The molecule has 3 aromatic rings. The highest BCUT2D eigenvalue weighted by Gasteiger charge is 2.50. The fraction of sp³-hybridized carbons (Fsp3) is 0.419. The average molecular weight is 484 g/mol. The molecule has 188 valence electrons. The molecule has 0 unspecified atom stereocenters. The lowest BCUT2D eigenvalue weighted by Crippen LogP contribution is -2.65. The van der Waals surface area contributed by atoms with Crippen LogP contribution in [0.15, 0.2) is 72.8 Å². The third-order valence-corrected chi connectivity index (χ3v) is 8.08. The van der Waals surface area contributed by atoms with Gasteiger partial charge in [-0.1, -0.05) is 92.8 Å². The van der Waals surface area contributed by atoms with Crippen molar-refractivity contribution in [2.75, 3.05) is 0 Å². The lowest BCUT2D eigenvalue weighted by molar-refractivity contribution is -0.135. The van der Waals surface area contributed by atoms with Gasteiger partial charge in [-0.2, -0.15) is 0 Å². The summed E-state index contributed by atoms with van der Waals surface area (Å²) in [6.45, 7) is 4.40. The zero-order valence-corrected chi connectivity index (χ0v) is 21.5. The second-order valence-electron chi connectivity index (χ2n) is 10.6. The van der Waals surface area contributed by atoms with Crippen LogP contribution in [0.3, 0.4) is 0 Å². The topological polar surface area (TPSA) is 54.3 Å². The average Bonchev–Trinajstić information content (AvgIpc) is 3.30. The summed E-state index contributed by atoms with van der Waals surface area (Å²) in [4.78, 5) is 30.1. The van der Waals surface area contributed by atoms with Crippen molar-refractivity contribution in [1.82, 2.24) is 14.8 Å². The van der Waals surface area contributed by atoms with E-state index < -0.39 is 5.54 Å². The van der Waals surface area contributed by atoms with Gasteiger partial charge in [-0.15, -0.1) is 0 Å². The first-order chi connectivity index (χ1) is 17.5. The van der Waals surface area contributed by atoms with Crippen LogP contribution in [0.4, 0.5) is 0 Å². The molecular weight excluding hydrogens is 446 g/mol. The van der Waals surface area contributed by atoms with Gasteiger partial charge in [-0.25, -0.2) is 0 Å². The monoisotopic (exact) mass is 483 g/mol. The van der Waals surface area contributed by atoms with Gasteiger partial charge in [0.1, 0.15) is 11.2 Å². The Morgan fingerprint density at radius 3 is 2.11 bits per heavy atom. The molecule has 0 saturated heterocycles. The third kappa shape index (κ3) is 4.59. The molecule has 0 bridgehead atoms. The van der Waals surface area contributed by atoms with Crippen LogP contribution in [0.2, 0.25) is 0 Å². The largest absolute Gasteiger partial charge is 0.351 e. The predicted molar refractivity (Wildman–Crippen MR) is 144 cm³/mol. The molecule has 1 aliphatic carbocycles. The van der Waals surface area contributed by atoms with E-state index in [1.165, 1.54) is 19.3 Å². The number of fused-ring (bicyclic) bond motifs is 1. The van der Waals surface area contributed by atoms with Gasteiger partial charge >= 0.3 is 0 Å². The molecule has 1 N–H and O–H groups in total. The number of nitrogens with one attached hydrogen (secondary N) is 1. The van der Waals surface area contributed by atoms with E-state index in [1.54, 1.807) is 0 Å². The summed E-state index contributed by atoms with van der Waals surface area (Å²) in [5.74, 6) is -0.155. The number of hydrogen-bond donors (Lipinski definition) is 1. The van der Waals surface area contributed by atoms with Crippen molar-refractivity contribution in [3.05, 3.63) is 84.1 Å². The third-order valence-electron chi connectivity index (χ3n) is 8.08. The van der Waals surface area contributed by atoms with Crippen LogP contribution in [0.25, 0.3) is 11.3 Å². The molecule has 2 atom stereocenters. The van der Waals surface area contributed by atoms with E-state index in [-0.39, 0.29) is 23.9 Å². The first-order valence-corrected chi connectivity index (χ1v) is 13.4. The Balaban J connectivity index is 1.54. The molecule has 0 radical (unpaired) electrons. The minimum atomic E-state index is -1.02. The molecule has 1 aliphatic heterocycles. The summed E-state index contributed by atoms with van der Waals surface area (Å²) in [5.41, 5.74) is 2.65. The van der Waals surface area contributed by atoms with E-state index in [2.05, 4.69) is 17.4 Å². The summed E-state index contributed by atoms with van der Waals surface area (Å²) >= 11 is 0.